The zero-order chi connectivity index (χ0) is 24.1. The Bertz CT molecular complexity index is 1000. The van der Waals surface area contributed by atoms with Crippen LogP contribution in [0.2, 0.25) is 0 Å². The van der Waals surface area contributed by atoms with E-state index in [0.717, 1.165) is 12.3 Å². The SMILES string of the molecule is CC[C@@](CF)(COP(=O)(O)OP(=O)(O)OP(=O)(O)O)O[C@H](CO)n1ccc(=O)[nH]c1=O. The summed E-state index contributed by atoms with van der Waals surface area (Å²) in [6.07, 6.45) is -0.957. The fraction of sp³-hybridized carbons (Fsp3) is 0.636. The number of aromatic nitrogens is 2. The van der Waals surface area contributed by atoms with Crippen molar-refractivity contribution in [3.63, 3.8) is 0 Å². The number of hydrogen-bond acceptors (Lipinski definition) is 10. The minimum Gasteiger partial charge on any atom is -0.392 e. The number of nitrogens with one attached hydrogen (secondary N) is 1. The summed E-state index contributed by atoms with van der Waals surface area (Å²) in [5, 5.41) is 9.49. The average Bonchev–Trinajstić information content (AvgIpc) is 2.60. The third kappa shape index (κ3) is 9.14. The summed E-state index contributed by atoms with van der Waals surface area (Å²) in [5.41, 5.74) is -3.91. The highest BCUT2D eigenvalue weighted by atomic mass is 31.3. The number of alkyl halides is 1. The number of phosphoric ester groups is 1. The van der Waals surface area contributed by atoms with E-state index in [4.69, 9.17) is 19.4 Å². The van der Waals surface area contributed by atoms with Crippen LogP contribution in [-0.2, 0) is 31.6 Å². The van der Waals surface area contributed by atoms with Crippen LogP contribution < -0.4 is 11.2 Å². The van der Waals surface area contributed by atoms with Crippen LogP contribution in [0.15, 0.2) is 21.9 Å². The number of rotatable bonds is 13. The fourth-order valence-corrected chi connectivity index (χ4v) is 5.10. The number of aliphatic hydroxyl groups is 1. The van der Waals surface area contributed by atoms with Crippen LogP contribution in [0.5, 0.6) is 0 Å². The number of hydrogen-bond donors (Lipinski definition) is 6. The first-order valence-electron chi connectivity index (χ1n) is 8.02. The molecule has 2 unspecified atom stereocenters. The second-order valence-corrected chi connectivity index (χ2v) is 10.2. The average molecular weight is 516 g/mol. The zero-order valence-electron chi connectivity index (χ0n) is 15.6. The lowest BCUT2D eigenvalue weighted by Gasteiger charge is -2.34. The minimum atomic E-state index is -5.78. The molecule has 0 aliphatic heterocycles. The van der Waals surface area contributed by atoms with Crippen LogP contribution in [0.1, 0.15) is 19.6 Å². The van der Waals surface area contributed by atoms with Gasteiger partial charge in [0.15, 0.2) is 6.23 Å². The molecule has 180 valence electrons. The number of aromatic amines is 1. The lowest BCUT2D eigenvalue weighted by atomic mass is 10.0. The zero-order valence-corrected chi connectivity index (χ0v) is 18.3. The third-order valence-electron chi connectivity index (χ3n) is 3.50. The Morgan fingerprint density at radius 1 is 1.16 bits per heavy atom. The van der Waals surface area contributed by atoms with E-state index < -0.39 is 66.4 Å². The monoisotopic (exact) mass is 516 g/mol. The molecule has 0 spiro atoms. The van der Waals surface area contributed by atoms with Gasteiger partial charge in [-0.15, -0.1) is 0 Å². The molecule has 1 aromatic heterocycles. The largest absolute Gasteiger partial charge is 0.490 e. The molecule has 1 aromatic rings. The van der Waals surface area contributed by atoms with Gasteiger partial charge < -0.3 is 29.4 Å². The molecule has 0 aliphatic carbocycles. The maximum atomic E-state index is 13.7. The number of aliphatic hydroxyl groups excluding tert-OH is 1. The van der Waals surface area contributed by atoms with E-state index in [1.807, 2.05) is 4.98 Å². The second-order valence-electron chi connectivity index (χ2n) is 5.81. The highest BCUT2D eigenvalue weighted by Crippen LogP contribution is 2.66. The Kier molecular flexibility index (Phi) is 9.66. The van der Waals surface area contributed by atoms with Gasteiger partial charge in [-0.1, -0.05) is 6.92 Å². The number of nitrogens with zero attached hydrogens (tertiary/aromatic N) is 1. The predicted molar refractivity (Wildman–Crippen MR) is 97.3 cm³/mol. The molecule has 16 nitrogen and oxygen atoms in total. The Balaban J connectivity index is 3.02. The third-order valence-corrected chi connectivity index (χ3v) is 7.28. The number of H-pyrrole nitrogens is 1. The summed E-state index contributed by atoms with van der Waals surface area (Å²) >= 11 is 0. The molecule has 31 heavy (non-hydrogen) atoms. The van der Waals surface area contributed by atoms with E-state index in [0.29, 0.717) is 4.57 Å². The molecule has 1 rings (SSSR count). The summed E-state index contributed by atoms with van der Waals surface area (Å²) in [4.78, 5) is 60.4. The van der Waals surface area contributed by atoms with Gasteiger partial charge in [-0.3, -0.25) is 18.9 Å². The lowest BCUT2D eigenvalue weighted by Crippen LogP contribution is -2.45. The van der Waals surface area contributed by atoms with Crippen LogP contribution in [0.25, 0.3) is 0 Å². The molecule has 0 saturated carbocycles. The van der Waals surface area contributed by atoms with Crippen LogP contribution in [0.3, 0.4) is 0 Å². The fourth-order valence-electron chi connectivity index (χ4n) is 2.01. The molecule has 0 bridgehead atoms. The molecule has 0 aliphatic rings. The topological polar surface area (TPSA) is 244 Å². The molecule has 20 heteroatoms. The maximum Gasteiger partial charge on any atom is 0.490 e. The van der Waals surface area contributed by atoms with E-state index in [1.165, 1.54) is 6.92 Å². The van der Waals surface area contributed by atoms with E-state index in [-0.39, 0.29) is 6.42 Å². The van der Waals surface area contributed by atoms with E-state index in [9.17, 15) is 37.7 Å². The van der Waals surface area contributed by atoms with Crippen molar-refractivity contribution in [2.75, 3.05) is 19.9 Å². The van der Waals surface area contributed by atoms with Crippen molar-refractivity contribution >= 4 is 23.5 Å². The van der Waals surface area contributed by atoms with Crippen LogP contribution in [-0.4, -0.2) is 59.7 Å². The summed E-state index contributed by atoms with van der Waals surface area (Å²) < 4.78 is 65.0. The van der Waals surface area contributed by atoms with Gasteiger partial charge in [0, 0.05) is 12.3 Å². The van der Waals surface area contributed by atoms with Gasteiger partial charge in [-0.25, -0.2) is 22.9 Å². The summed E-state index contributed by atoms with van der Waals surface area (Å²) in [6.45, 7) is -2.17. The molecule has 0 saturated heterocycles. The smallest absolute Gasteiger partial charge is 0.392 e. The predicted octanol–water partition coefficient (Wildman–Crippen LogP) is -0.494. The molecule has 0 amide bonds. The van der Waals surface area contributed by atoms with Gasteiger partial charge in [0.25, 0.3) is 5.56 Å². The first kappa shape index (κ1) is 28.0. The summed E-state index contributed by atoms with van der Waals surface area (Å²) in [5.74, 6) is 0. The second kappa shape index (κ2) is 10.7. The van der Waals surface area contributed by atoms with E-state index in [2.05, 4.69) is 13.1 Å². The Hall–Kier alpha value is -1.06. The number of halogens is 1. The van der Waals surface area contributed by atoms with Gasteiger partial charge >= 0.3 is 29.2 Å². The molecule has 6 N–H and O–H groups in total. The van der Waals surface area contributed by atoms with Crippen LogP contribution in [0.4, 0.5) is 4.39 Å². The molecule has 4 atom stereocenters. The van der Waals surface area contributed by atoms with Gasteiger partial charge in [-0.2, -0.15) is 8.62 Å². The van der Waals surface area contributed by atoms with Gasteiger partial charge in [0.05, 0.1) is 13.2 Å². The molecule has 0 radical (unpaired) electrons. The molecule has 0 aromatic carbocycles. The van der Waals surface area contributed by atoms with Crippen molar-refractivity contribution in [3.8, 4) is 0 Å². The first-order chi connectivity index (χ1) is 14.1. The first-order valence-corrected chi connectivity index (χ1v) is 12.5. The van der Waals surface area contributed by atoms with Gasteiger partial charge in [0.2, 0.25) is 0 Å². The number of ether oxygens (including phenoxy) is 1. The maximum absolute atomic E-state index is 13.7. The van der Waals surface area contributed by atoms with Crippen LogP contribution in [0, 0.1) is 0 Å². The summed E-state index contributed by atoms with van der Waals surface area (Å²) in [7, 11) is -16.9. The standard InChI is InChI=1S/C11H20FN2O14P3/c1-2-11(6-12,26-9(5-15)14-4-3-8(16)13-10(14)17)7-25-30(21,22)28-31(23,24)27-29(18,19)20/h3-4,9,15H,2,5-7H2,1H3,(H,21,22)(H,23,24)(H,13,16,17)(H2,18,19,20)/t9-,11-/m1/s1. The Labute approximate surface area is 172 Å². The quantitative estimate of drug-likeness (QED) is 0.181. The van der Waals surface area contributed by atoms with Crippen molar-refractivity contribution in [1.29, 1.82) is 0 Å². The van der Waals surface area contributed by atoms with E-state index in [1.54, 1.807) is 0 Å². The molecule has 1 heterocycles. The highest BCUT2D eigenvalue weighted by molar-refractivity contribution is 7.66. The van der Waals surface area contributed by atoms with E-state index >= 15 is 0 Å². The van der Waals surface area contributed by atoms with Crippen molar-refractivity contribution in [1.82, 2.24) is 9.55 Å². The van der Waals surface area contributed by atoms with Gasteiger partial charge in [0.1, 0.15) is 12.3 Å². The van der Waals surface area contributed by atoms with Crippen molar-refractivity contribution in [2.24, 2.45) is 0 Å². The Morgan fingerprint density at radius 2 is 1.77 bits per heavy atom. The molecular weight excluding hydrogens is 496 g/mol. The lowest BCUT2D eigenvalue weighted by molar-refractivity contribution is -0.169. The Morgan fingerprint density at radius 3 is 2.23 bits per heavy atom. The summed E-state index contributed by atoms with van der Waals surface area (Å²) in [6, 6.07) is 0.905. The van der Waals surface area contributed by atoms with Crippen molar-refractivity contribution in [3.05, 3.63) is 33.1 Å². The molecular formula is C11H20FN2O14P3. The van der Waals surface area contributed by atoms with Crippen molar-refractivity contribution in [2.45, 2.75) is 25.2 Å². The number of phosphoric acid groups is 3. The normalized spacial score (nSPS) is 19.2. The van der Waals surface area contributed by atoms with Gasteiger partial charge in [-0.05, 0) is 6.42 Å². The highest BCUT2D eigenvalue weighted by Gasteiger charge is 2.43. The molecule has 0 fully saturated rings. The minimum absolute atomic E-state index is 0.298. The van der Waals surface area contributed by atoms with Crippen LogP contribution >= 0.6 is 23.5 Å². The van der Waals surface area contributed by atoms with Crippen molar-refractivity contribution < 1.29 is 60.6 Å².